The monoisotopic (exact) mass is 243 g/mol. The van der Waals surface area contributed by atoms with E-state index in [0.717, 1.165) is 18.6 Å². The summed E-state index contributed by atoms with van der Waals surface area (Å²) in [7, 11) is -0.837. The third kappa shape index (κ3) is 5.62. The second kappa shape index (κ2) is 7.51. The van der Waals surface area contributed by atoms with Crippen molar-refractivity contribution in [2.75, 3.05) is 12.3 Å². The highest BCUT2D eigenvalue weighted by molar-refractivity contribution is 7.84. The van der Waals surface area contributed by atoms with Crippen LogP contribution in [0.25, 0.3) is 0 Å². The number of nitrogens with zero attached hydrogens (tertiary/aromatic N) is 1. The number of aliphatic imine (C=N–C) groups is 1. The summed E-state index contributed by atoms with van der Waals surface area (Å²) in [5, 5.41) is 2.31. The zero-order valence-electron chi connectivity index (χ0n) is 8.35. The number of hydrogen-bond acceptors (Lipinski definition) is 4. The standard InChI is InChI=1S/C10H13NO2S2/c12-15(7-2-1-5-11-9-14)8-10-4-3-6-13-10/h3-4,6H,1-2,5,7-8H2. The van der Waals surface area contributed by atoms with Crippen molar-refractivity contribution in [1.82, 2.24) is 0 Å². The number of rotatable bonds is 7. The van der Waals surface area contributed by atoms with Gasteiger partial charge in [-0.05, 0) is 37.2 Å². The van der Waals surface area contributed by atoms with Gasteiger partial charge in [-0.1, -0.05) is 0 Å². The third-order valence-electron chi connectivity index (χ3n) is 1.84. The normalized spacial score (nSPS) is 12.0. The van der Waals surface area contributed by atoms with Gasteiger partial charge in [0.2, 0.25) is 0 Å². The van der Waals surface area contributed by atoms with Crippen molar-refractivity contribution in [3.05, 3.63) is 24.2 Å². The van der Waals surface area contributed by atoms with Crippen molar-refractivity contribution >= 4 is 28.2 Å². The van der Waals surface area contributed by atoms with Gasteiger partial charge in [-0.3, -0.25) is 4.21 Å². The topological polar surface area (TPSA) is 42.6 Å². The molecule has 15 heavy (non-hydrogen) atoms. The average molecular weight is 243 g/mol. The van der Waals surface area contributed by atoms with Crippen molar-refractivity contribution in [2.45, 2.75) is 18.6 Å². The van der Waals surface area contributed by atoms with Crippen LogP contribution >= 0.6 is 12.2 Å². The van der Waals surface area contributed by atoms with E-state index in [0.29, 0.717) is 18.1 Å². The van der Waals surface area contributed by atoms with E-state index < -0.39 is 10.8 Å². The lowest BCUT2D eigenvalue weighted by molar-refractivity contribution is 0.527. The summed E-state index contributed by atoms with van der Waals surface area (Å²) in [5.74, 6) is 1.97. The molecule has 82 valence electrons. The van der Waals surface area contributed by atoms with Crippen LogP contribution in [-0.2, 0) is 16.6 Å². The lowest BCUT2D eigenvalue weighted by Gasteiger charge is -1.98. The smallest absolute Gasteiger partial charge is 0.116 e. The van der Waals surface area contributed by atoms with Crippen molar-refractivity contribution in [1.29, 1.82) is 0 Å². The fraction of sp³-hybridized carbons (Fsp3) is 0.500. The molecular formula is C10H13NO2S2. The summed E-state index contributed by atoms with van der Waals surface area (Å²) in [6.45, 7) is 0.682. The second-order valence-corrected chi connectivity index (χ2v) is 4.81. The van der Waals surface area contributed by atoms with Crippen molar-refractivity contribution < 1.29 is 8.63 Å². The Hall–Kier alpha value is -0.770. The SMILES string of the molecule is O=S(CCCCN=C=S)Cc1ccco1. The molecule has 0 N–H and O–H groups in total. The van der Waals surface area contributed by atoms with E-state index in [2.05, 4.69) is 22.4 Å². The molecule has 3 nitrogen and oxygen atoms in total. The molecule has 0 spiro atoms. The van der Waals surface area contributed by atoms with E-state index in [1.54, 1.807) is 12.3 Å². The van der Waals surface area contributed by atoms with E-state index in [4.69, 9.17) is 4.42 Å². The Morgan fingerprint density at radius 3 is 3.07 bits per heavy atom. The highest BCUT2D eigenvalue weighted by atomic mass is 32.2. The first-order valence-corrected chi connectivity index (χ1v) is 6.63. The summed E-state index contributed by atoms with van der Waals surface area (Å²) in [6.07, 6.45) is 3.40. The zero-order chi connectivity index (χ0) is 10.9. The number of thiocarbonyl (C=S) groups is 1. The molecule has 0 aliphatic heterocycles. The van der Waals surface area contributed by atoms with E-state index in [9.17, 15) is 4.21 Å². The van der Waals surface area contributed by atoms with Crippen LogP contribution in [0, 0.1) is 0 Å². The summed E-state index contributed by atoms with van der Waals surface area (Å²) in [4.78, 5) is 3.79. The van der Waals surface area contributed by atoms with E-state index in [1.165, 1.54) is 0 Å². The Balaban J connectivity index is 2.11. The second-order valence-electron chi connectivity index (χ2n) is 3.05. The molecule has 0 bridgehead atoms. The van der Waals surface area contributed by atoms with Crippen LogP contribution in [0.15, 0.2) is 27.8 Å². The third-order valence-corrected chi connectivity index (χ3v) is 3.32. The molecule has 1 unspecified atom stereocenters. The van der Waals surface area contributed by atoms with Gasteiger partial charge in [-0.2, -0.15) is 0 Å². The van der Waals surface area contributed by atoms with Crippen molar-refractivity contribution in [3.63, 3.8) is 0 Å². The first kappa shape index (κ1) is 12.3. The molecular weight excluding hydrogens is 230 g/mol. The molecule has 0 aliphatic rings. The van der Waals surface area contributed by atoms with Crippen molar-refractivity contribution in [2.24, 2.45) is 4.99 Å². The van der Waals surface area contributed by atoms with Crippen molar-refractivity contribution in [3.8, 4) is 0 Å². The molecule has 5 heteroatoms. The van der Waals surface area contributed by atoms with Crippen LogP contribution in [-0.4, -0.2) is 21.7 Å². The summed E-state index contributed by atoms with van der Waals surface area (Å²) in [5.41, 5.74) is 0. The number of unbranched alkanes of at least 4 members (excludes halogenated alkanes) is 1. The van der Waals surface area contributed by atoms with E-state index >= 15 is 0 Å². The molecule has 0 aliphatic carbocycles. The summed E-state index contributed by atoms with van der Waals surface area (Å²) in [6, 6.07) is 3.65. The quantitative estimate of drug-likeness (QED) is 0.419. The van der Waals surface area contributed by atoms with Gasteiger partial charge in [0.15, 0.2) is 0 Å². The van der Waals surface area contributed by atoms with Crippen LogP contribution < -0.4 is 0 Å². The minimum Gasteiger partial charge on any atom is -0.468 e. The highest BCUT2D eigenvalue weighted by Crippen LogP contribution is 2.05. The Kier molecular flexibility index (Phi) is 6.16. The Bertz CT molecular complexity index is 342. The van der Waals surface area contributed by atoms with Gasteiger partial charge in [0, 0.05) is 23.1 Å². The lowest BCUT2D eigenvalue weighted by Crippen LogP contribution is -2.00. The minimum absolute atomic E-state index is 0.503. The number of furan rings is 1. The van der Waals surface area contributed by atoms with Crippen LogP contribution in [0.3, 0.4) is 0 Å². The summed E-state index contributed by atoms with van der Waals surface area (Å²) < 4.78 is 16.6. The molecule has 1 aromatic rings. The first-order valence-electron chi connectivity index (χ1n) is 4.74. The predicted octanol–water partition coefficient (Wildman–Crippen LogP) is 2.41. The first-order chi connectivity index (χ1) is 7.33. The molecule has 0 saturated carbocycles. The molecule has 0 amide bonds. The van der Waals surface area contributed by atoms with Crippen LogP contribution in [0.1, 0.15) is 18.6 Å². The fourth-order valence-corrected chi connectivity index (χ4v) is 2.37. The maximum Gasteiger partial charge on any atom is 0.116 e. The van der Waals surface area contributed by atoms with E-state index in [1.807, 2.05) is 6.07 Å². The fourth-order valence-electron chi connectivity index (χ4n) is 1.13. The highest BCUT2D eigenvalue weighted by Gasteiger charge is 2.03. The van der Waals surface area contributed by atoms with Gasteiger partial charge in [0.25, 0.3) is 0 Å². The molecule has 1 rings (SSSR count). The maximum atomic E-state index is 11.5. The molecule has 0 radical (unpaired) electrons. The van der Waals surface area contributed by atoms with Gasteiger partial charge in [0.05, 0.1) is 17.2 Å². The van der Waals surface area contributed by atoms with E-state index in [-0.39, 0.29) is 0 Å². The molecule has 0 aromatic carbocycles. The van der Waals surface area contributed by atoms with Crippen LogP contribution in [0.2, 0.25) is 0 Å². The Morgan fingerprint density at radius 2 is 2.40 bits per heavy atom. The van der Waals surface area contributed by atoms with Gasteiger partial charge < -0.3 is 4.42 Å². The molecule has 1 aromatic heterocycles. The summed E-state index contributed by atoms with van der Waals surface area (Å²) >= 11 is 4.44. The zero-order valence-corrected chi connectivity index (χ0v) is 9.98. The minimum atomic E-state index is -0.837. The molecule has 0 saturated heterocycles. The molecule has 0 fully saturated rings. The molecule has 1 atom stereocenters. The van der Waals surface area contributed by atoms with Gasteiger partial charge >= 0.3 is 0 Å². The number of hydrogen-bond donors (Lipinski definition) is 0. The van der Waals surface area contributed by atoms with Crippen LogP contribution in [0.5, 0.6) is 0 Å². The maximum absolute atomic E-state index is 11.5. The number of isothiocyanates is 1. The largest absolute Gasteiger partial charge is 0.468 e. The van der Waals surface area contributed by atoms with Gasteiger partial charge in [-0.25, -0.2) is 4.99 Å². The lowest BCUT2D eigenvalue weighted by atomic mass is 10.3. The average Bonchev–Trinajstić information content (AvgIpc) is 2.70. The predicted molar refractivity (Wildman–Crippen MR) is 64.5 cm³/mol. The molecule has 1 heterocycles. The van der Waals surface area contributed by atoms with Gasteiger partial charge in [0.1, 0.15) is 5.76 Å². The Labute approximate surface area is 97.0 Å². The van der Waals surface area contributed by atoms with Crippen LogP contribution in [0.4, 0.5) is 0 Å². The Morgan fingerprint density at radius 1 is 1.53 bits per heavy atom. The van der Waals surface area contributed by atoms with Gasteiger partial charge in [-0.15, -0.1) is 0 Å².